The fourth-order valence-electron chi connectivity index (χ4n) is 7.57. The van der Waals surface area contributed by atoms with Gasteiger partial charge in [0.05, 0.1) is 0 Å². The minimum absolute atomic E-state index is 0.0128. The smallest absolute Gasteiger partial charge is 0.328 e. The zero-order valence-corrected chi connectivity index (χ0v) is 31.0. The van der Waals surface area contributed by atoms with Crippen LogP contribution < -0.4 is 26.6 Å². The van der Waals surface area contributed by atoms with Gasteiger partial charge < -0.3 is 40.7 Å². The van der Waals surface area contributed by atoms with Gasteiger partial charge in [0.15, 0.2) is 0 Å². The average Bonchev–Trinajstić information content (AvgIpc) is 3.81. The van der Waals surface area contributed by atoms with E-state index in [-0.39, 0.29) is 31.3 Å². The highest BCUT2D eigenvalue weighted by Gasteiger charge is 2.46. The molecule has 17 heteroatoms. The Hall–Kier alpha value is -5.48. The van der Waals surface area contributed by atoms with E-state index in [9.17, 15) is 33.6 Å². The number of rotatable bonds is 7. The summed E-state index contributed by atoms with van der Waals surface area (Å²) in [6, 6.07) is 1.59. The van der Waals surface area contributed by atoms with Crippen LogP contribution in [0.1, 0.15) is 57.9 Å². The molecule has 0 radical (unpaired) electrons. The summed E-state index contributed by atoms with van der Waals surface area (Å²) < 4.78 is 5.71. The lowest BCUT2D eigenvalue weighted by molar-refractivity contribution is -0.158. The van der Waals surface area contributed by atoms with Crippen molar-refractivity contribution in [2.45, 2.75) is 95.0 Å². The van der Waals surface area contributed by atoms with E-state index in [0.29, 0.717) is 50.6 Å². The molecule has 5 rings (SSSR count). The van der Waals surface area contributed by atoms with Gasteiger partial charge in [-0.2, -0.15) is 0 Å². The van der Waals surface area contributed by atoms with Crippen LogP contribution in [0.4, 0.5) is 4.79 Å². The molecule has 4 heterocycles. The van der Waals surface area contributed by atoms with Crippen molar-refractivity contribution in [2.75, 3.05) is 33.3 Å². The molecule has 0 aliphatic carbocycles. The third-order valence-electron chi connectivity index (χ3n) is 10.3. The number of esters is 1. The molecule has 292 valence electrons. The third-order valence-corrected chi connectivity index (χ3v) is 10.3. The molecule has 1 aromatic carbocycles. The maximum absolute atomic E-state index is 14.4. The minimum atomic E-state index is -1.47. The topological polar surface area (TPSA) is 222 Å². The van der Waals surface area contributed by atoms with Gasteiger partial charge in [0.1, 0.15) is 48.7 Å². The van der Waals surface area contributed by atoms with Gasteiger partial charge in [-0.15, -0.1) is 0 Å². The van der Waals surface area contributed by atoms with E-state index < -0.39 is 84.4 Å². The summed E-state index contributed by atoms with van der Waals surface area (Å²) in [5.41, 5.74) is 0.693. The predicted molar refractivity (Wildman–Crippen MR) is 195 cm³/mol. The molecule has 7 amide bonds. The highest BCUT2D eigenvalue weighted by atomic mass is 16.5. The van der Waals surface area contributed by atoms with E-state index in [4.69, 9.17) is 10.1 Å². The number of carbonyl (C=O) groups is 7. The van der Waals surface area contributed by atoms with Crippen molar-refractivity contribution in [3.63, 3.8) is 0 Å². The van der Waals surface area contributed by atoms with Gasteiger partial charge in [0, 0.05) is 33.1 Å². The van der Waals surface area contributed by atoms with Crippen LogP contribution in [0.15, 0.2) is 42.6 Å². The first-order chi connectivity index (χ1) is 25.9. The number of nitrogens with one attached hydrogen (secondary N) is 6. The number of carbonyl (C=O) groups excluding carboxylic acids is 7. The SMILES string of the molecule is CN/C=C\C(=N)NC(=O)N[C@@H](Cc1ccccc1)C(=O)N[C@H]1COC(=O)[C@@H]2C[C@H](C)CN2C(=O)[C@H](C)NC(=O)[C@@H]2CCCCN2C(=O)[C@@H]2CCCN2C1=O. The van der Waals surface area contributed by atoms with Crippen molar-refractivity contribution in [3.8, 4) is 0 Å². The molecule has 0 saturated carbocycles. The monoisotopic (exact) mass is 749 g/mol. The first-order valence-electron chi connectivity index (χ1n) is 18.6. The lowest BCUT2D eigenvalue weighted by atomic mass is 9.99. The summed E-state index contributed by atoms with van der Waals surface area (Å²) in [6.45, 7) is 3.58. The Morgan fingerprint density at radius 3 is 2.37 bits per heavy atom. The zero-order valence-electron chi connectivity index (χ0n) is 31.0. The molecule has 0 unspecified atom stereocenters. The maximum atomic E-state index is 14.4. The summed E-state index contributed by atoms with van der Waals surface area (Å²) in [5.74, 6) is -3.87. The number of piperidine rings is 1. The molecule has 4 aliphatic heterocycles. The molecule has 1 aromatic rings. The van der Waals surface area contributed by atoms with Crippen LogP contribution in [-0.4, -0.2) is 132 Å². The second kappa shape index (κ2) is 18.0. The van der Waals surface area contributed by atoms with Crippen LogP contribution in [0.3, 0.4) is 0 Å². The van der Waals surface area contributed by atoms with Gasteiger partial charge in [-0.1, -0.05) is 37.3 Å². The molecule has 6 N–H and O–H groups in total. The van der Waals surface area contributed by atoms with E-state index in [1.807, 2.05) is 6.92 Å². The molecule has 54 heavy (non-hydrogen) atoms. The highest BCUT2D eigenvalue weighted by molar-refractivity contribution is 6.03. The van der Waals surface area contributed by atoms with E-state index >= 15 is 0 Å². The third kappa shape index (κ3) is 9.54. The molecule has 4 fully saturated rings. The number of urea groups is 1. The Balaban J connectivity index is 1.45. The second-order valence-electron chi connectivity index (χ2n) is 14.4. The summed E-state index contributed by atoms with van der Waals surface area (Å²) in [5, 5.41) is 21.1. The lowest BCUT2D eigenvalue weighted by Crippen LogP contribution is -2.62. The van der Waals surface area contributed by atoms with E-state index in [1.54, 1.807) is 44.3 Å². The molecule has 0 bridgehead atoms. The first kappa shape index (κ1) is 39.7. The number of benzene rings is 1. The van der Waals surface area contributed by atoms with Crippen molar-refractivity contribution in [3.05, 3.63) is 48.2 Å². The largest absolute Gasteiger partial charge is 0.461 e. The summed E-state index contributed by atoms with van der Waals surface area (Å²) >= 11 is 0. The normalized spacial score (nSPS) is 27.3. The van der Waals surface area contributed by atoms with Gasteiger partial charge in [-0.3, -0.25) is 34.7 Å². The number of nitrogens with zero attached hydrogens (tertiary/aromatic N) is 3. The van der Waals surface area contributed by atoms with Crippen molar-refractivity contribution in [2.24, 2.45) is 5.92 Å². The quantitative estimate of drug-likeness (QED) is 0.123. The van der Waals surface area contributed by atoms with Crippen molar-refractivity contribution < 1.29 is 38.3 Å². The van der Waals surface area contributed by atoms with Crippen LogP contribution in [0.2, 0.25) is 0 Å². The fraction of sp³-hybridized carbons (Fsp3) is 0.568. The molecule has 17 nitrogen and oxygen atoms in total. The van der Waals surface area contributed by atoms with Gasteiger partial charge in [-0.05, 0) is 69.2 Å². The minimum Gasteiger partial charge on any atom is -0.461 e. The maximum Gasteiger partial charge on any atom is 0.328 e. The molecule has 0 spiro atoms. The van der Waals surface area contributed by atoms with Gasteiger partial charge in [-0.25, -0.2) is 9.59 Å². The molecule has 4 saturated heterocycles. The Bertz CT molecular complexity index is 1640. The van der Waals surface area contributed by atoms with Crippen molar-refractivity contribution in [1.29, 1.82) is 5.41 Å². The van der Waals surface area contributed by atoms with Crippen molar-refractivity contribution >= 4 is 47.4 Å². The Kier molecular flexibility index (Phi) is 13.3. The number of hydrogen-bond acceptors (Lipinski definition) is 10. The molecule has 4 aliphatic rings. The number of amides is 7. The zero-order chi connectivity index (χ0) is 38.9. The van der Waals surface area contributed by atoms with E-state index in [0.717, 1.165) is 0 Å². The standard InChI is InChI=1S/C37H51N9O8/c1-22-18-29-36(52)54-21-26(41-31(47)25(19-24-10-5-4-6-11-24)42-37(53)43-30(38)14-15-39-3)34(50)45-17-9-13-28(45)35(51)44-16-8-7-12-27(44)32(48)40-23(2)33(49)46(29)20-22/h4-6,10-11,14-15,22-23,25-29,39H,7-9,12-13,16-21H2,1-3H3,(H,40,48)(H,41,47)(H3,38,42,43,53)/b15-14-/t22-,23-,25-,26-,27-,28-,29-/m0/s1. The number of amidine groups is 1. The van der Waals surface area contributed by atoms with Gasteiger partial charge in [0.2, 0.25) is 29.5 Å². The lowest BCUT2D eigenvalue weighted by Gasteiger charge is -2.39. The van der Waals surface area contributed by atoms with Crippen LogP contribution in [0.25, 0.3) is 0 Å². The van der Waals surface area contributed by atoms with Gasteiger partial charge >= 0.3 is 12.0 Å². The fourth-order valence-corrected chi connectivity index (χ4v) is 7.57. The van der Waals surface area contributed by atoms with Crippen LogP contribution in [0, 0.1) is 11.3 Å². The Labute approximate surface area is 314 Å². The average molecular weight is 750 g/mol. The Morgan fingerprint density at radius 2 is 1.63 bits per heavy atom. The predicted octanol–water partition coefficient (Wildman–Crippen LogP) is -0.237. The molecule has 7 atom stereocenters. The van der Waals surface area contributed by atoms with E-state index in [1.165, 1.54) is 27.0 Å². The first-order valence-corrected chi connectivity index (χ1v) is 18.6. The van der Waals surface area contributed by atoms with Gasteiger partial charge in [0.25, 0.3) is 0 Å². The van der Waals surface area contributed by atoms with Crippen LogP contribution >= 0.6 is 0 Å². The van der Waals surface area contributed by atoms with Crippen LogP contribution in [-0.2, 0) is 39.9 Å². The number of hydrogen-bond donors (Lipinski definition) is 6. The summed E-state index contributed by atoms with van der Waals surface area (Å²) in [7, 11) is 1.63. The molecular formula is C37H51N9O8. The van der Waals surface area contributed by atoms with Crippen molar-refractivity contribution in [1.82, 2.24) is 41.3 Å². The number of cyclic esters (lactones) is 1. The highest BCUT2D eigenvalue weighted by Crippen LogP contribution is 2.28. The van der Waals surface area contributed by atoms with E-state index in [2.05, 4.69) is 26.6 Å². The number of ether oxygens (including phenoxy) is 1. The molecular weight excluding hydrogens is 698 g/mol. The second-order valence-corrected chi connectivity index (χ2v) is 14.4. The van der Waals surface area contributed by atoms with Crippen LogP contribution in [0.5, 0.6) is 0 Å². The molecule has 0 aromatic heterocycles. The number of fused-ring (bicyclic) bond motifs is 3. The Morgan fingerprint density at radius 1 is 0.926 bits per heavy atom. The summed E-state index contributed by atoms with van der Waals surface area (Å²) in [6.07, 6.45) is 5.64. The summed E-state index contributed by atoms with van der Waals surface area (Å²) in [4.78, 5) is 101.